The van der Waals surface area contributed by atoms with E-state index in [9.17, 15) is 9.18 Å². The lowest BCUT2D eigenvalue weighted by Crippen LogP contribution is -2.18. The van der Waals surface area contributed by atoms with Gasteiger partial charge in [0.05, 0.1) is 11.4 Å². The highest BCUT2D eigenvalue weighted by atomic mass is 79.9. The number of nitrogens with one attached hydrogen (secondary N) is 2. The zero-order chi connectivity index (χ0) is 14.8. The van der Waals surface area contributed by atoms with Crippen LogP contribution in [0.25, 0.3) is 0 Å². The SMILES string of the molecule is O=C1CSc2ccc(NCc3ccc(F)cc3Br)cc2N1. The maximum atomic E-state index is 13.0. The van der Waals surface area contributed by atoms with Crippen molar-refractivity contribution in [1.82, 2.24) is 0 Å². The molecule has 0 fully saturated rings. The van der Waals surface area contributed by atoms with Crippen LogP contribution in [-0.2, 0) is 11.3 Å². The Hall–Kier alpha value is -1.53. The van der Waals surface area contributed by atoms with Crippen LogP contribution in [0.4, 0.5) is 15.8 Å². The summed E-state index contributed by atoms with van der Waals surface area (Å²) in [5, 5.41) is 6.13. The molecule has 0 saturated heterocycles. The second kappa shape index (κ2) is 6.07. The summed E-state index contributed by atoms with van der Waals surface area (Å²) in [6, 6.07) is 10.5. The molecule has 6 heteroatoms. The summed E-state index contributed by atoms with van der Waals surface area (Å²) in [6.07, 6.45) is 0. The first kappa shape index (κ1) is 14.4. The lowest BCUT2D eigenvalue weighted by atomic mass is 10.2. The minimum atomic E-state index is -0.265. The van der Waals surface area contributed by atoms with Gasteiger partial charge in [-0.1, -0.05) is 22.0 Å². The highest BCUT2D eigenvalue weighted by molar-refractivity contribution is 9.10. The molecule has 0 spiro atoms. The summed E-state index contributed by atoms with van der Waals surface area (Å²) in [7, 11) is 0. The number of halogens is 2. The van der Waals surface area contributed by atoms with Crippen molar-refractivity contribution in [2.75, 3.05) is 16.4 Å². The smallest absolute Gasteiger partial charge is 0.234 e. The molecule has 0 aromatic heterocycles. The van der Waals surface area contributed by atoms with E-state index >= 15 is 0 Å². The van der Waals surface area contributed by atoms with E-state index in [-0.39, 0.29) is 11.7 Å². The Morgan fingerprint density at radius 3 is 2.95 bits per heavy atom. The van der Waals surface area contributed by atoms with Gasteiger partial charge in [-0.25, -0.2) is 4.39 Å². The van der Waals surface area contributed by atoms with E-state index in [1.807, 2.05) is 18.2 Å². The number of thioether (sulfide) groups is 1. The highest BCUT2D eigenvalue weighted by Crippen LogP contribution is 2.33. The predicted octanol–water partition coefficient (Wildman–Crippen LogP) is 4.24. The zero-order valence-electron chi connectivity index (χ0n) is 11.0. The summed E-state index contributed by atoms with van der Waals surface area (Å²) < 4.78 is 13.8. The zero-order valence-corrected chi connectivity index (χ0v) is 13.4. The van der Waals surface area contributed by atoms with Crippen molar-refractivity contribution < 1.29 is 9.18 Å². The minimum absolute atomic E-state index is 0.0194. The van der Waals surface area contributed by atoms with E-state index in [1.54, 1.807) is 6.07 Å². The van der Waals surface area contributed by atoms with Gasteiger partial charge in [-0.15, -0.1) is 11.8 Å². The van der Waals surface area contributed by atoms with Crippen LogP contribution in [0.3, 0.4) is 0 Å². The lowest BCUT2D eigenvalue weighted by molar-refractivity contribution is -0.113. The molecule has 0 radical (unpaired) electrons. The number of rotatable bonds is 3. The van der Waals surface area contributed by atoms with Crippen LogP contribution >= 0.6 is 27.7 Å². The molecule has 0 aliphatic carbocycles. The largest absolute Gasteiger partial charge is 0.381 e. The van der Waals surface area contributed by atoms with Crippen LogP contribution in [0, 0.1) is 5.82 Å². The van der Waals surface area contributed by atoms with Crippen molar-refractivity contribution in [2.45, 2.75) is 11.4 Å². The van der Waals surface area contributed by atoms with E-state index in [0.29, 0.717) is 12.3 Å². The van der Waals surface area contributed by atoms with Gasteiger partial charge in [-0.3, -0.25) is 4.79 Å². The summed E-state index contributed by atoms with van der Waals surface area (Å²) in [5.41, 5.74) is 2.71. The van der Waals surface area contributed by atoms with Crippen LogP contribution in [0.1, 0.15) is 5.56 Å². The Balaban J connectivity index is 1.73. The van der Waals surface area contributed by atoms with Gasteiger partial charge >= 0.3 is 0 Å². The average molecular weight is 367 g/mol. The molecule has 2 aromatic rings. The Bertz CT molecular complexity index is 708. The Labute approximate surface area is 134 Å². The molecule has 0 saturated carbocycles. The first-order valence-electron chi connectivity index (χ1n) is 6.36. The van der Waals surface area contributed by atoms with E-state index < -0.39 is 0 Å². The van der Waals surface area contributed by atoms with Crippen LogP contribution in [-0.4, -0.2) is 11.7 Å². The molecule has 1 heterocycles. The molecular formula is C15H12BrFN2OS. The number of anilines is 2. The molecule has 21 heavy (non-hydrogen) atoms. The third-order valence-electron chi connectivity index (χ3n) is 3.11. The third-order valence-corrected chi connectivity index (χ3v) is 4.92. The van der Waals surface area contributed by atoms with Gasteiger partial charge in [0.1, 0.15) is 5.82 Å². The number of hydrogen-bond acceptors (Lipinski definition) is 3. The molecule has 1 amide bonds. The van der Waals surface area contributed by atoms with Crippen molar-refractivity contribution in [3.8, 4) is 0 Å². The van der Waals surface area contributed by atoms with Crippen LogP contribution in [0.5, 0.6) is 0 Å². The molecule has 3 nitrogen and oxygen atoms in total. The average Bonchev–Trinajstić information content (AvgIpc) is 2.46. The number of amides is 1. The van der Waals surface area contributed by atoms with E-state index in [1.165, 1.54) is 23.9 Å². The number of carbonyl (C=O) groups is 1. The van der Waals surface area contributed by atoms with Crippen LogP contribution in [0.2, 0.25) is 0 Å². The minimum Gasteiger partial charge on any atom is -0.381 e. The molecule has 1 aliphatic rings. The normalized spacial score (nSPS) is 13.5. The van der Waals surface area contributed by atoms with Crippen molar-refractivity contribution in [3.63, 3.8) is 0 Å². The van der Waals surface area contributed by atoms with Gasteiger partial charge in [0.2, 0.25) is 5.91 Å². The predicted molar refractivity (Wildman–Crippen MR) is 87.2 cm³/mol. The van der Waals surface area contributed by atoms with Crippen LogP contribution in [0.15, 0.2) is 45.8 Å². The van der Waals surface area contributed by atoms with Gasteiger partial charge in [-0.05, 0) is 35.9 Å². The topological polar surface area (TPSA) is 41.1 Å². The molecule has 0 atom stereocenters. The summed E-state index contributed by atoms with van der Waals surface area (Å²) >= 11 is 4.88. The van der Waals surface area contributed by atoms with Crippen molar-refractivity contribution >= 4 is 45.0 Å². The number of fused-ring (bicyclic) bond motifs is 1. The van der Waals surface area contributed by atoms with Gasteiger partial charge in [0.25, 0.3) is 0 Å². The van der Waals surface area contributed by atoms with Crippen molar-refractivity contribution in [1.29, 1.82) is 0 Å². The maximum Gasteiger partial charge on any atom is 0.234 e. The Kier molecular flexibility index (Phi) is 4.17. The van der Waals surface area contributed by atoms with E-state index in [2.05, 4.69) is 26.6 Å². The van der Waals surface area contributed by atoms with Gasteiger partial charge in [-0.2, -0.15) is 0 Å². The van der Waals surface area contributed by atoms with Crippen LogP contribution < -0.4 is 10.6 Å². The Morgan fingerprint density at radius 1 is 1.29 bits per heavy atom. The fourth-order valence-electron chi connectivity index (χ4n) is 2.06. The van der Waals surface area contributed by atoms with Crippen molar-refractivity contribution in [3.05, 3.63) is 52.3 Å². The van der Waals surface area contributed by atoms with Gasteiger partial charge in [0, 0.05) is 21.6 Å². The summed E-state index contributed by atoms with van der Waals surface area (Å²) in [4.78, 5) is 12.5. The molecule has 0 bridgehead atoms. The first-order valence-corrected chi connectivity index (χ1v) is 8.14. The second-order valence-corrected chi connectivity index (χ2v) is 6.51. The standard InChI is InChI=1S/C15H12BrFN2OS/c16-12-5-10(17)2-1-9(12)7-18-11-3-4-14-13(6-11)19-15(20)8-21-14/h1-6,18H,7-8H2,(H,19,20). The van der Waals surface area contributed by atoms with E-state index in [0.717, 1.165) is 26.3 Å². The maximum absolute atomic E-state index is 13.0. The highest BCUT2D eigenvalue weighted by Gasteiger charge is 2.15. The molecule has 1 aliphatic heterocycles. The number of hydrogen-bond donors (Lipinski definition) is 2. The third kappa shape index (κ3) is 3.39. The first-order chi connectivity index (χ1) is 10.1. The summed E-state index contributed by atoms with van der Waals surface area (Å²) in [5.74, 6) is 0.215. The summed E-state index contributed by atoms with van der Waals surface area (Å²) in [6.45, 7) is 0.570. The molecule has 2 N–H and O–H groups in total. The molecule has 3 rings (SSSR count). The number of benzene rings is 2. The number of carbonyl (C=O) groups excluding carboxylic acids is 1. The van der Waals surface area contributed by atoms with E-state index in [4.69, 9.17) is 0 Å². The molecule has 2 aromatic carbocycles. The molecule has 0 unspecified atom stereocenters. The fourth-order valence-corrected chi connectivity index (χ4v) is 3.33. The monoisotopic (exact) mass is 366 g/mol. The quantitative estimate of drug-likeness (QED) is 0.853. The fraction of sp³-hybridized carbons (Fsp3) is 0.133. The molecular weight excluding hydrogens is 355 g/mol. The van der Waals surface area contributed by atoms with Gasteiger partial charge in [0.15, 0.2) is 0 Å². The Morgan fingerprint density at radius 2 is 2.14 bits per heavy atom. The van der Waals surface area contributed by atoms with Gasteiger partial charge < -0.3 is 10.6 Å². The molecule has 108 valence electrons. The second-order valence-electron chi connectivity index (χ2n) is 4.64. The lowest BCUT2D eigenvalue weighted by Gasteiger charge is -2.17. The van der Waals surface area contributed by atoms with Crippen molar-refractivity contribution in [2.24, 2.45) is 0 Å².